The minimum Gasteiger partial charge on any atom is -0.376 e. The number of H-pyrrole nitrogens is 1. The second-order valence-corrected chi connectivity index (χ2v) is 6.61. The molecule has 7 nitrogen and oxygen atoms in total. The molecule has 0 saturated carbocycles. The van der Waals surface area contributed by atoms with Gasteiger partial charge in [0.15, 0.2) is 5.69 Å². The summed E-state index contributed by atoms with van der Waals surface area (Å²) in [7, 11) is 0. The van der Waals surface area contributed by atoms with Crippen LogP contribution in [0, 0.1) is 0 Å². The predicted molar refractivity (Wildman–Crippen MR) is 100 cm³/mol. The van der Waals surface area contributed by atoms with E-state index in [0.717, 1.165) is 18.4 Å². The van der Waals surface area contributed by atoms with Crippen molar-refractivity contribution in [2.24, 2.45) is 0 Å². The number of hydrogen-bond acceptors (Lipinski definition) is 5. The van der Waals surface area contributed by atoms with Crippen LogP contribution in [-0.4, -0.2) is 45.0 Å². The van der Waals surface area contributed by atoms with Crippen molar-refractivity contribution in [1.29, 1.82) is 0 Å². The lowest BCUT2D eigenvalue weighted by atomic mass is 10.2. The number of pyridine rings is 1. The van der Waals surface area contributed by atoms with Gasteiger partial charge >= 0.3 is 0 Å². The average molecular weight is 364 g/mol. The van der Waals surface area contributed by atoms with Gasteiger partial charge in [-0.3, -0.25) is 14.6 Å². The number of hydrogen-bond donors (Lipinski definition) is 1. The number of rotatable bonds is 5. The van der Waals surface area contributed by atoms with E-state index in [0.29, 0.717) is 30.7 Å². The summed E-state index contributed by atoms with van der Waals surface area (Å²) >= 11 is 0. The van der Waals surface area contributed by atoms with E-state index in [1.54, 1.807) is 29.4 Å². The molecule has 3 heterocycles. The normalized spacial score (nSPS) is 16.5. The molecule has 1 atom stereocenters. The third kappa shape index (κ3) is 3.88. The number of aromatic nitrogens is 3. The average Bonchev–Trinajstić information content (AvgIpc) is 3.20. The maximum absolute atomic E-state index is 13.2. The van der Waals surface area contributed by atoms with Crippen LogP contribution in [-0.2, 0) is 11.3 Å². The first-order valence-electron chi connectivity index (χ1n) is 8.99. The van der Waals surface area contributed by atoms with Gasteiger partial charge in [0.2, 0.25) is 0 Å². The molecule has 1 amide bonds. The summed E-state index contributed by atoms with van der Waals surface area (Å²) in [6, 6.07) is 10.9. The van der Waals surface area contributed by atoms with Gasteiger partial charge < -0.3 is 14.6 Å². The fourth-order valence-corrected chi connectivity index (χ4v) is 3.29. The third-order valence-electron chi connectivity index (χ3n) is 4.66. The van der Waals surface area contributed by atoms with Crippen molar-refractivity contribution in [2.75, 3.05) is 13.2 Å². The van der Waals surface area contributed by atoms with Crippen LogP contribution < -0.4 is 5.56 Å². The molecular weight excluding hydrogens is 344 g/mol. The molecule has 138 valence electrons. The molecule has 1 fully saturated rings. The first-order valence-corrected chi connectivity index (χ1v) is 8.99. The molecule has 0 bridgehead atoms. The van der Waals surface area contributed by atoms with Gasteiger partial charge in [0.05, 0.1) is 17.1 Å². The second kappa shape index (κ2) is 7.67. The molecule has 7 heteroatoms. The van der Waals surface area contributed by atoms with E-state index in [9.17, 15) is 9.59 Å². The maximum atomic E-state index is 13.2. The number of carbonyl (C=O) groups excluding carboxylic acids is 1. The van der Waals surface area contributed by atoms with Crippen LogP contribution in [0.3, 0.4) is 0 Å². The first-order chi connectivity index (χ1) is 13.2. The Morgan fingerprint density at radius 2 is 2.04 bits per heavy atom. The molecule has 3 aromatic rings. The van der Waals surface area contributed by atoms with Crippen LogP contribution in [0.4, 0.5) is 0 Å². The van der Waals surface area contributed by atoms with Gasteiger partial charge in [0, 0.05) is 32.1 Å². The lowest BCUT2D eigenvalue weighted by Gasteiger charge is -2.25. The molecule has 0 radical (unpaired) electrons. The Bertz CT molecular complexity index is 997. The molecule has 1 N–H and O–H groups in total. The number of para-hydroxylation sites is 2. The number of benzene rings is 1. The van der Waals surface area contributed by atoms with E-state index >= 15 is 0 Å². The highest BCUT2D eigenvalue weighted by atomic mass is 16.5. The van der Waals surface area contributed by atoms with E-state index in [1.807, 2.05) is 24.3 Å². The van der Waals surface area contributed by atoms with Crippen LogP contribution in [0.2, 0.25) is 0 Å². The van der Waals surface area contributed by atoms with Gasteiger partial charge in [0.1, 0.15) is 0 Å². The highest BCUT2D eigenvalue weighted by Crippen LogP contribution is 2.16. The van der Waals surface area contributed by atoms with Crippen LogP contribution in [0.15, 0.2) is 53.6 Å². The van der Waals surface area contributed by atoms with Crippen LogP contribution in [0.25, 0.3) is 11.0 Å². The molecule has 0 spiro atoms. The lowest BCUT2D eigenvalue weighted by Crippen LogP contribution is -2.40. The topological polar surface area (TPSA) is 88.2 Å². The van der Waals surface area contributed by atoms with Gasteiger partial charge in [-0.2, -0.15) is 0 Å². The summed E-state index contributed by atoms with van der Waals surface area (Å²) < 4.78 is 5.70. The van der Waals surface area contributed by atoms with E-state index in [-0.39, 0.29) is 11.8 Å². The smallest absolute Gasteiger partial charge is 0.280 e. The monoisotopic (exact) mass is 364 g/mol. The highest BCUT2D eigenvalue weighted by molar-refractivity contribution is 5.93. The van der Waals surface area contributed by atoms with E-state index in [2.05, 4.69) is 15.0 Å². The standard InChI is InChI=1S/C20H20N4O3/c25-19-18(22-16-5-1-2-6-17(16)23-19)20(26)24(13-15-4-3-11-27-15)12-14-7-9-21-10-8-14/h1-2,5-10,15H,3-4,11-13H2,(H,23,25)/t15-/m0/s1. The minimum atomic E-state index is -0.481. The molecule has 1 saturated heterocycles. The summed E-state index contributed by atoms with van der Waals surface area (Å²) in [5.41, 5.74) is 1.56. The summed E-state index contributed by atoms with van der Waals surface area (Å²) in [6.45, 7) is 1.50. The number of nitrogens with zero attached hydrogens (tertiary/aromatic N) is 3. The molecule has 2 aromatic heterocycles. The Labute approximate surface area is 156 Å². The largest absolute Gasteiger partial charge is 0.376 e. The molecule has 0 aliphatic carbocycles. The summed E-state index contributed by atoms with van der Waals surface area (Å²) in [5.74, 6) is -0.394. The van der Waals surface area contributed by atoms with Crippen molar-refractivity contribution in [1.82, 2.24) is 19.9 Å². The number of amides is 1. The Kier molecular flexibility index (Phi) is 4.93. The third-order valence-corrected chi connectivity index (χ3v) is 4.66. The lowest BCUT2D eigenvalue weighted by molar-refractivity contribution is 0.0501. The van der Waals surface area contributed by atoms with Crippen molar-refractivity contribution in [3.63, 3.8) is 0 Å². The minimum absolute atomic E-state index is 0.0182. The van der Waals surface area contributed by atoms with E-state index in [4.69, 9.17) is 4.74 Å². The van der Waals surface area contributed by atoms with Crippen molar-refractivity contribution in [3.05, 3.63) is 70.4 Å². The number of nitrogens with one attached hydrogen (secondary N) is 1. The molecule has 27 heavy (non-hydrogen) atoms. The fourth-order valence-electron chi connectivity index (χ4n) is 3.29. The molecule has 1 aliphatic heterocycles. The van der Waals surface area contributed by atoms with Crippen molar-refractivity contribution in [3.8, 4) is 0 Å². The zero-order valence-corrected chi connectivity index (χ0v) is 14.8. The Balaban J connectivity index is 1.66. The zero-order valence-electron chi connectivity index (χ0n) is 14.8. The maximum Gasteiger partial charge on any atom is 0.280 e. The predicted octanol–water partition coefficient (Wildman–Crippen LogP) is 2.14. The highest BCUT2D eigenvalue weighted by Gasteiger charge is 2.26. The first kappa shape index (κ1) is 17.4. The van der Waals surface area contributed by atoms with E-state index < -0.39 is 11.5 Å². The number of aromatic amines is 1. The Morgan fingerprint density at radius 1 is 1.22 bits per heavy atom. The van der Waals surface area contributed by atoms with Gasteiger partial charge in [0.25, 0.3) is 11.5 Å². The zero-order chi connectivity index (χ0) is 18.6. The summed E-state index contributed by atoms with van der Waals surface area (Å²) in [5, 5.41) is 0. The Hall–Kier alpha value is -3.06. The molecule has 1 aromatic carbocycles. The number of carbonyl (C=O) groups is 1. The van der Waals surface area contributed by atoms with Crippen LogP contribution >= 0.6 is 0 Å². The molecule has 1 aliphatic rings. The van der Waals surface area contributed by atoms with Crippen LogP contribution in [0.5, 0.6) is 0 Å². The second-order valence-electron chi connectivity index (χ2n) is 6.61. The molecular formula is C20H20N4O3. The fraction of sp³-hybridized carbons (Fsp3) is 0.300. The van der Waals surface area contributed by atoms with Gasteiger partial charge in [-0.1, -0.05) is 12.1 Å². The number of fused-ring (bicyclic) bond motifs is 1. The van der Waals surface area contributed by atoms with Crippen molar-refractivity contribution < 1.29 is 9.53 Å². The summed E-state index contributed by atoms with van der Waals surface area (Å²) in [4.78, 5) is 38.4. The van der Waals surface area contributed by atoms with E-state index in [1.165, 1.54) is 0 Å². The van der Waals surface area contributed by atoms with Gasteiger partial charge in [-0.25, -0.2) is 4.98 Å². The Morgan fingerprint density at radius 3 is 2.81 bits per heavy atom. The SMILES string of the molecule is O=C(c1nc2ccccc2[nH]c1=O)N(Cc1ccncc1)C[C@@H]1CCCO1. The van der Waals surface area contributed by atoms with Gasteiger partial charge in [-0.15, -0.1) is 0 Å². The van der Waals surface area contributed by atoms with Crippen LogP contribution in [0.1, 0.15) is 28.9 Å². The quantitative estimate of drug-likeness (QED) is 0.749. The molecule has 0 unspecified atom stereocenters. The molecule has 4 rings (SSSR count). The van der Waals surface area contributed by atoms with Crippen molar-refractivity contribution in [2.45, 2.75) is 25.5 Å². The summed E-state index contributed by atoms with van der Waals surface area (Å²) in [6.07, 6.45) is 5.24. The number of ether oxygens (including phenoxy) is 1. The van der Waals surface area contributed by atoms with Crippen molar-refractivity contribution >= 4 is 16.9 Å². The van der Waals surface area contributed by atoms with Gasteiger partial charge in [-0.05, 0) is 42.7 Å².